The highest BCUT2D eigenvalue weighted by molar-refractivity contribution is 8.01. The normalized spacial score (nSPS) is 10.8. The van der Waals surface area contributed by atoms with Crippen molar-refractivity contribution in [1.29, 1.82) is 0 Å². The van der Waals surface area contributed by atoms with Gasteiger partial charge in [-0.1, -0.05) is 12.1 Å². The molecule has 0 amide bonds. The largest absolute Gasteiger partial charge is 0.292 e. The molecule has 0 saturated heterocycles. The summed E-state index contributed by atoms with van der Waals surface area (Å²) in [6.45, 7) is 0. The van der Waals surface area contributed by atoms with Gasteiger partial charge in [-0.05, 0) is 23.9 Å². The van der Waals surface area contributed by atoms with Gasteiger partial charge in [0.25, 0.3) is 0 Å². The number of benzene rings is 1. The van der Waals surface area contributed by atoms with Crippen LogP contribution in [-0.2, 0) is 0 Å². The van der Waals surface area contributed by atoms with Crippen molar-refractivity contribution in [2.75, 3.05) is 5.43 Å². The fraction of sp³-hybridized carbons (Fsp3) is 0. The van der Waals surface area contributed by atoms with E-state index in [9.17, 15) is 4.39 Å². The number of nitrogens with one attached hydrogen (secondary N) is 1. The molecule has 0 unspecified atom stereocenters. The fourth-order valence-corrected chi connectivity index (χ4v) is 3.43. The van der Waals surface area contributed by atoms with Crippen molar-refractivity contribution in [3.63, 3.8) is 0 Å². The van der Waals surface area contributed by atoms with E-state index in [0.717, 1.165) is 32.5 Å². The summed E-state index contributed by atoms with van der Waals surface area (Å²) in [5.74, 6) is 4.88. The predicted octanol–water partition coefficient (Wildman–Crippen LogP) is 2.66. The Labute approximate surface area is 116 Å². The van der Waals surface area contributed by atoms with E-state index in [4.69, 9.17) is 5.84 Å². The molecule has 3 rings (SSSR count). The maximum absolute atomic E-state index is 13.6. The van der Waals surface area contributed by atoms with Crippen LogP contribution in [0.25, 0.3) is 10.2 Å². The third-order valence-corrected chi connectivity index (χ3v) is 4.38. The second-order valence-corrected chi connectivity index (χ2v) is 5.81. The lowest BCUT2D eigenvalue weighted by molar-refractivity contribution is 0.580. The summed E-state index contributed by atoms with van der Waals surface area (Å²) in [6.07, 6.45) is 1.08. The Hall–Kier alpha value is -1.77. The second kappa shape index (κ2) is 5.08. The Balaban J connectivity index is 1.96. The SMILES string of the molecule is NNc1ncc(F)c(Sc2nc3ccccc3s2)n1. The monoisotopic (exact) mass is 293 g/mol. The Morgan fingerprint density at radius 1 is 1.26 bits per heavy atom. The molecule has 2 aromatic heterocycles. The average molecular weight is 293 g/mol. The van der Waals surface area contributed by atoms with E-state index in [2.05, 4.69) is 20.4 Å². The molecule has 19 heavy (non-hydrogen) atoms. The molecule has 96 valence electrons. The molecule has 8 heteroatoms. The molecule has 0 atom stereocenters. The van der Waals surface area contributed by atoms with E-state index in [1.807, 2.05) is 24.3 Å². The molecule has 0 bridgehead atoms. The van der Waals surface area contributed by atoms with Crippen LogP contribution in [0, 0.1) is 5.82 Å². The summed E-state index contributed by atoms with van der Waals surface area (Å²) in [7, 11) is 0. The molecular weight excluding hydrogens is 285 g/mol. The zero-order chi connectivity index (χ0) is 13.2. The summed E-state index contributed by atoms with van der Waals surface area (Å²) < 4.78 is 15.4. The van der Waals surface area contributed by atoms with Crippen LogP contribution < -0.4 is 11.3 Å². The van der Waals surface area contributed by atoms with Crippen molar-refractivity contribution < 1.29 is 4.39 Å². The average Bonchev–Trinajstić information content (AvgIpc) is 2.83. The molecule has 3 N–H and O–H groups in total. The molecule has 0 radical (unpaired) electrons. The van der Waals surface area contributed by atoms with Crippen LogP contribution in [0.4, 0.5) is 10.3 Å². The number of nitrogens with zero attached hydrogens (tertiary/aromatic N) is 3. The van der Waals surface area contributed by atoms with Crippen LogP contribution >= 0.6 is 23.1 Å². The van der Waals surface area contributed by atoms with Crippen molar-refractivity contribution in [3.05, 3.63) is 36.3 Å². The number of nitrogen functional groups attached to an aromatic ring is 1. The van der Waals surface area contributed by atoms with Crippen LogP contribution in [0.5, 0.6) is 0 Å². The molecule has 0 aliphatic rings. The topological polar surface area (TPSA) is 76.7 Å². The first-order chi connectivity index (χ1) is 9.26. The van der Waals surface area contributed by atoms with Crippen LogP contribution in [-0.4, -0.2) is 15.0 Å². The number of hydrogen-bond donors (Lipinski definition) is 2. The number of fused-ring (bicyclic) bond motifs is 1. The van der Waals surface area contributed by atoms with Gasteiger partial charge in [0.1, 0.15) is 5.03 Å². The fourth-order valence-electron chi connectivity index (χ4n) is 1.47. The number of para-hydroxylation sites is 1. The zero-order valence-corrected chi connectivity index (χ0v) is 11.1. The lowest BCUT2D eigenvalue weighted by Crippen LogP contribution is -2.11. The van der Waals surface area contributed by atoms with E-state index >= 15 is 0 Å². The molecule has 2 heterocycles. The van der Waals surface area contributed by atoms with Crippen molar-refractivity contribution in [3.8, 4) is 0 Å². The smallest absolute Gasteiger partial charge is 0.238 e. The number of aromatic nitrogens is 3. The summed E-state index contributed by atoms with van der Waals surface area (Å²) in [5.41, 5.74) is 3.18. The number of hydrogen-bond acceptors (Lipinski definition) is 7. The molecule has 0 fully saturated rings. The van der Waals surface area contributed by atoms with E-state index in [0.29, 0.717) is 0 Å². The van der Waals surface area contributed by atoms with Crippen LogP contribution in [0.2, 0.25) is 0 Å². The summed E-state index contributed by atoms with van der Waals surface area (Å²) in [4.78, 5) is 12.1. The maximum Gasteiger partial charge on any atom is 0.238 e. The highest BCUT2D eigenvalue weighted by Crippen LogP contribution is 2.34. The van der Waals surface area contributed by atoms with Crippen molar-refractivity contribution in [2.24, 2.45) is 5.84 Å². The van der Waals surface area contributed by atoms with Crippen molar-refractivity contribution >= 4 is 39.3 Å². The van der Waals surface area contributed by atoms with Gasteiger partial charge in [-0.2, -0.15) is 0 Å². The highest BCUT2D eigenvalue weighted by Gasteiger charge is 2.11. The summed E-state index contributed by atoms with van der Waals surface area (Å²) in [6, 6.07) is 7.74. The van der Waals surface area contributed by atoms with E-state index < -0.39 is 5.82 Å². The Morgan fingerprint density at radius 3 is 2.89 bits per heavy atom. The molecule has 1 aromatic carbocycles. The van der Waals surface area contributed by atoms with Gasteiger partial charge < -0.3 is 0 Å². The minimum absolute atomic E-state index is 0.171. The number of hydrazine groups is 1. The Bertz CT molecular complexity index is 697. The third-order valence-electron chi connectivity index (χ3n) is 2.30. The number of anilines is 1. The molecule has 5 nitrogen and oxygen atoms in total. The predicted molar refractivity (Wildman–Crippen MR) is 73.5 cm³/mol. The molecule has 0 spiro atoms. The standard InChI is InChI=1S/C11H8FN5S2/c12-6-5-14-10(17-13)16-9(6)19-11-15-7-3-1-2-4-8(7)18-11/h1-5H,13H2,(H,14,16,17). The van der Waals surface area contributed by atoms with Gasteiger partial charge in [-0.15, -0.1) is 11.3 Å². The molecule has 0 saturated carbocycles. The van der Waals surface area contributed by atoms with E-state index in [1.54, 1.807) is 0 Å². The lowest BCUT2D eigenvalue weighted by Gasteiger charge is -2.01. The maximum atomic E-state index is 13.6. The van der Waals surface area contributed by atoms with Gasteiger partial charge >= 0.3 is 0 Å². The number of halogens is 1. The second-order valence-electron chi connectivity index (χ2n) is 3.54. The van der Waals surface area contributed by atoms with Gasteiger partial charge in [0.05, 0.1) is 16.4 Å². The molecular formula is C11H8FN5S2. The minimum atomic E-state index is -0.497. The summed E-state index contributed by atoms with van der Waals surface area (Å²) >= 11 is 2.64. The van der Waals surface area contributed by atoms with Crippen LogP contribution in [0.3, 0.4) is 0 Å². The zero-order valence-electron chi connectivity index (χ0n) is 9.50. The van der Waals surface area contributed by atoms with Crippen LogP contribution in [0.15, 0.2) is 39.8 Å². The number of thiazole rings is 1. The third kappa shape index (κ3) is 2.50. The molecule has 3 aromatic rings. The first-order valence-corrected chi connectivity index (χ1v) is 6.92. The first-order valence-electron chi connectivity index (χ1n) is 5.29. The minimum Gasteiger partial charge on any atom is -0.292 e. The van der Waals surface area contributed by atoms with Gasteiger partial charge in [0.15, 0.2) is 10.2 Å². The lowest BCUT2D eigenvalue weighted by atomic mass is 10.3. The van der Waals surface area contributed by atoms with Crippen LogP contribution in [0.1, 0.15) is 0 Å². The Morgan fingerprint density at radius 2 is 2.11 bits per heavy atom. The van der Waals surface area contributed by atoms with Gasteiger partial charge in [-0.25, -0.2) is 25.2 Å². The quantitative estimate of drug-likeness (QED) is 0.439. The van der Waals surface area contributed by atoms with Crippen molar-refractivity contribution in [1.82, 2.24) is 15.0 Å². The molecule has 0 aliphatic carbocycles. The van der Waals surface area contributed by atoms with E-state index in [-0.39, 0.29) is 11.0 Å². The van der Waals surface area contributed by atoms with Gasteiger partial charge in [-0.3, -0.25) is 5.43 Å². The number of nitrogens with two attached hydrogens (primary N) is 1. The number of rotatable bonds is 3. The van der Waals surface area contributed by atoms with E-state index in [1.165, 1.54) is 11.3 Å². The Kier molecular flexibility index (Phi) is 3.28. The van der Waals surface area contributed by atoms with Gasteiger partial charge in [0.2, 0.25) is 5.95 Å². The van der Waals surface area contributed by atoms with Crippen molar-refractivity contribution in [2.45, 2.75) is 9.37 Å². The summed E-state index contributed by atoms with van der Waals surface area (Å²) in [5, 5.41) is 0.196. The highest BCUT2D eigenvalue weighted by atomic mass is 32.2. The first kappa shape index (κ1) is 12.3. The van der Waals surface area contributed by atoms with Gasteiger partial charge in [0, 0.05) is 0 Å². The molecule has 0 aliphatic heterocycles.